The lowest BCUT2D eigenvalue weighted by atomic mass is 10.0. The van der Waals surface area contributed by atoms with Gasteiger partial charge in [0.15, 0.2) is 5.82 Å². The molecule has 3 rings (SSSR count). The molecule has 0 amide bonds. The van der Waals surface area contributed by atoms with Crippen LogP contribution in [0.1, 0.15) is 11.3 Å². The van der Waals surface area contributed by atoms with E-state index in [1.165, 1.54) is 0 Å². The van der Waals surface area contributed by atoms with E-state index in [2.05, 4.69) is 26.5 Å². The first kappa shape index (κ1) is 13.6. The molecule has 1 saturated heterocycles. The molecule has 0 radical (unpaired) electrons. The SMILES string of the molecule is CNc1nnc(C)c2cc(C#N)c(N3CCOCC3)cc12. The highest BCUT2D eigenvalue weighted by atomic mass is 16.5. The highest BCUT2D eigenvalue weighted by molar-refractivity contribution is 5.97. The van der Waals surface area contributed by atoms with E-state index in [0.29, 0.717) is 18.8 Å². The number of anilines is 2. The molecular weight excluding hydrogens is 266 g/mol. The van der Waals surface area contributed by atoms with E-state index in [1.54, 1.807) is 0 Å². The van der Waals surface area contributed by atoms with E-state index in [9.17, 15) is 5.26 Å². The summed E-state index contributed by atoms with van der Waals surface area (Å²) in [5.74, 6) is 0.731. The number of morpholine rings is 1. The maximum atomic E-state index is 9.47. The predicted molar refractivity (Wildman–Crippen MR) is 81.6 cm³/mol. The zero-order valence-electron chi connectivity index (χ0n) is 12.2. The average molecular weight is 283 g/mol. The minimum absolute atomic E-state index is 0.669. The van der Waals surface area contributed by atoms with Gasteiger partial charge in [-0.05, 0) is 19.1 Å². The van der Waals surface area contributed by atoms with Gasteiger partial charge in [-0.25, -0.2) is 0 Å². The quantitative estimate of drug-likeness (QED) is 0.904. The van der Waals surface area contributed by atoms with Crippen LogP contribution in [0, 0.1) is 18.3 Å². The van der Waals surface area contributed by atoms with Crippen molar-refractivity contribution in [2.45, 2.75) is 6.92 Å². The van der Waals surface area contributed by atoms with Gasteiger partial charge in [0.2, 0.25) is 0 Å². The maximum absolute atomic E-state index is 9.47. The van der Waals surface area contributed by atoms with Crippen LogP contribution < -0.4 is 10.2 Å². The summed E-state index contributed by atoms with van der Waals surface area (Å²) in [6.07, 6.45) is 0. The van der Waals surface area contributed by atoms with Gasteiger partial charge < -0.3 is 15.0 Å². The van der Waals surface area contributed by atoms with Crippen molar-refractivity contribution in [3.8, 4) is 6.07 Å². The fraction of sp³-hybridized carbons (Fsp3) is 0.400. The summed E-state index contributed by atoms with van der Waals surface area (Å²) in [7, 11) is 1.82. The molecule has 0 spiro atoms. The number of ether oxygens (including phenoxy) is 1. The molecule has 108 valence electrons. The molecule has 1 aromatic heterocycles. The van der Waals surface area contributed by atoms with Crippen molar-refractivity contribution in [3.05, 3.63) is 23.4 Å². The van der Waals surface area contributed by atoms with Crippen LogP contribution in [0.2, 0.25) is 0 Å². The van der Waals surface area contributed by atoms with Gasteiger partial charge in [0.05, 0.1) is 30.2 Å². The normalized spacial score (nSPS) is 15.0. The standard InChI is InChI=1S/C15H17N5O/c1-10-12-7-11(9-16)14(20-3-5-21-6-4-20)8-13(12)15(17-2)19-18-10/h7-8H,3-6H2,1-2H3,(H,17,19). The third-order valence-corrected chi connectivity index (χ3v) is 3.79. The molecule has 0 atom stereocenters. The zero-order chi connectivity index (χ0) is 14.8. The zero-order valence-corrected chi connectivity index (χ0v) is 12.2. The number of nitrogens with zero attached hydrogens (tertiary/aromatic N) is 4. The van der Waals surface area contributed by atoms with Gasteiger partial charge in [0.25, 0.3) is 0 Å². The molecule has 0 unspecified atom stereocenters. The van der Waals surface area contributed by atoms with Crippen LogP contribution in [0.4, 0.5) is 11.5 Å². The van der Waals surface area contributed by atoms with Gasteiger partial charge in [-0.2, -0.15) is 10.4 Å². The van der Waals surface area contributed by atoms with Crippen molar-refractivity contribution in [1.82, 2.24) is 10.2 Å². The van der Waals surface area contributed by atoms with Crippen molar-refractivity contribution in [3.63, 3.8) is 0 Å². The number of aryl methyl sites for hydroxylation is 1. The maximum Gasteiger partial charge on any atom is 0.156 e. The Morgan fingerprint density at radius 3 is 2.67 bits per heavy atom. The van der Waals surface area contributed by atoms with Crippen LogP contribution in [0.25, 0.3) is 10.8 Å². The topological polar surface area (TPSA) is 74.1 Å². The van der Waals surface area contributed by atoms with Crippen LogP contribution in [0.5, 0.6) is 0 Å². The largest absolute Gasteiger partial charge is 0.378 e. The third-order valence-electron chi connectivity index (χ3n) is 3.79. The Morgan fingerprint density at radius 2 is 2.00 bits per heavy atom. The first-order valence-corrected chi connectivity index (χ1v) is 6.96. The second-order valence-electron chi connectivity index (χ2n) is 5.01. The molecule has 1 aliphatic heterocycles. The van der Waals surface area contributed by atoms with Crippen molar-refractivity contribution >= 4 is 22.3 Å². The Morgan fingerprint density at radius 1 is 1.24 bits per heavy atom. The highest BCUT2D eigenvalue weighted by Gasteiger charge is 2.18. The molecule has 0 bridgehead atoms. The summed E-state index contributed by atoms with van der Waals surface area (Å²) < 4.78 is 5.39. The van der Waals surface area contributed by atoms with Crippen LogP contribution in [0.15, 0.2) is 12.1 Å². The Bertz CT molecular complexity index is 716. The van der Waals surface area contributed by atoms with E-state index < -0.39 is 0 Å². The summed E-state index contributed by atoms with van der Waals surface area (Å²) in [4.78, 5) is 2.19. The fourth-order valence-corrected chi connectivity index (χ4v) is 2.66. The van der Waals surface area contributed by atoms with Gasteiger partial charge in [-0.15, -0.1) is 5.10 Å². The molecule has 1 aliphatic rings. The average Bonchev–Trinajstić information content (AvgIpc) is 2.55. The number of aromatic nitrogens is 2. The molecule has 6 heteroatoms. The first-order chi connectivity index (χ1) is 10.2. The van der Waals surface area contributed by atoms with E-state index in [4.69, 9.17) is 4.74 Å². The van der Waals surface area contributed by atoms with Crippen molar-refractivity contribution < 1.29 is 4.74 Å². The molecule has 2 heterocycles. The van der Waals surface area contributed by atoms with E-state index in [-0.39, 0.29) is 0 Å². The number of rotatable bonds is 2. The molecular formula is C15H17N5O. The van der Waals surface area contributed by atoms with E-state index >= 15 is 0 Å². The molecule has 2 aromatic rings. The van der Waals surface area contributed by atoms with Gasteiger partial charge in [0, 0.05) is 30.9 Å². The molecule has 21 heavy (non-hydrogen) atoms. The van der Waals surface area contributed by atoms with Gasteiger partial charge >= 0.3 is 0 Å². The summed E-state index contributed by atoms with van der Waals surface area (Å²) in [5.41, 5.74) is 2.44. The van der Waals surface area contributed by atoms with Gasteiger partial charge in [0.1, 0.15) is 6.07 Å². The lowest BCUT2D eigenvalue weighted by Crippen LogP contribution is -2.36. The molecule has 6 nitrogen and oxygen atoms in total. The molecule has 1 N–H and O–H groups in total. The smallest absolute Gasteiger partial charge is 0.156 e. The van der Waals surface area contributed by atoms with Crippen LogP contribution in [-0.4, -0.2) is 43.5 Å². The molecule has 1 aromatic carbocycles. The third kappa shape index (κ3) is 2.36. The Kier molecular flexibility index (Phi) is 3.59. The fourth-order valence-electron chi connectivity index (χ4n) is 2.66. The minimum atomic E-state index is 0.669. The van der Waals surface area contributed by atoms with E-state index in [0.717, 1.165) is 41.1 Å². The van der Waals surface area contributed by atoms with E-state index in [1.807, 2.05) is 26.1 Å². The number of nitrogens with one attached hydrogen (secondary N) is 1. The second kappa shape index (κ2) is 5.54. The van der Waals surface area contributed by atoms with Crippen molar-refractivity contribution in [2.75, 3.05) is 43.6 Å². The first-order valence-electron chi connectivity index (χ1n) is 6.96. The van der Waals surface area contributed by atoms with Crippen molar-refractivity contribution in [1.29, 1.82) is 5.26 Å². The monoisotopic (exact) mass is 283 g/mol. The Balaban J connectivity index is 2.21. The summed E-state index contributed by atoms with van der Waals surface area (Å²) in [5, 5.41) is 22.8. The summed E-state index contributed by atoms with van der Waals surface area (Å²) in [6, 6.07) is 6.24. The molecule has 0 saturated carbocycles. The van der Waals surface area contributed by atoms with Crippen molar-refractivity contribution in [2.24, 2.45) is 0 Å². The Hall–Kier alpha value is -2.39. The van der Waals surface area contributed by atoms with Crippen LogP contribution in [-0.2, 0) is 4.74 Å². The highest BCUT2D eigenvalue weighted by Crippen LogP contribution is 2.31. The van der Waals surface area contributed by atoms with Crippen LogP contribution in [0.3, 0.4) is 0 Å². The number of hydrogen-bond acceptors (Lipinski definition) is 6. The number of benzene rings is 1. The number of fused-ring (bicyclic) bond motifs is 1. The molecule has 1 fully saturated rings. The summed E-state index contributed by atoms with van der Waals surface area (Å²) >= 11 is 0. The lowest BCUT2D eigenvalue weighted by Gasteiger charge is -2.30. The number of nitriles is 1. The second-order valence-corrected chi connectivity index (χ2v) is 5.01. The number of hydrogen-bond donors (Lipinski definition) is 1. The molecule has 0 aliphatic carbocycles. The van der Waals surface area contributed by atoms with Gasteiger partial charge in [-0.3, -0.25) is 0 Å². The van der Waals surface area contributed by atoms with Gasteiger partial charge in [-0.1, -0.05) is 0 Å². The Labute approximate surface area is 123 Å². The minimum Gasteiger partial charge on any atom is -0.378 e. The lowest BCUT2D eigenvalue weighted by molar-refractivity contribution is 0.122. The predicted octanol–water partition coefficient (Wildman–Crippen LogP) is 1.69. The summed E-state index contributed by atoms with van der Waals surface area (Å²) in [6.45, 7) is 4.88. The van der Waals surface area contributed by atoms with Crippen LogP contribution >= 0.6 is 0 Å².